The van der Waals surface area contributed by atoms with Gasteiger partial charge in [-0.1, -0.05) is 46.0 Å². The maximum absolute atomic E-state index is 9.76. The Morgan fingerprint density at radius 3 is 1.04 bits per heavy atom. The molecule has 6 nitrogen and oxygen atoms in total. The van der Waals surface area contributed by atoms with Crippen molar-refractivity contribution in [3.8, 4) is 0 Å². The summed E-state index contributed by atoms with van der Waals surface area (Å²) in [7, 11) is 0. The topological polar surface area (TPSA) is 115 Å². The minimum absolute atomic E-state index is 0.0301. The third kappa shape index (κ3) is 45.2. The summed E-state index contributed by atoms with van der Waals surface area (Å²) in [5.74, 6) is -1.58. The Hall–Kier alpha value is -0.440. The summed E-state index contributed by atoms with van der Waals surface area (Å²) >= 11 is 7.71. The van der Waals surface area contributed by atoms with Crippen LogP contribution in [0.3, 0.4) is 0 Å². The van der Waals surface area contributed by atoms with E-state index >= 15 is 0 Å². The van der Waals surface area contributed by atoms with Crippen LogP contribution in [0.2, 0.25) is 0 Å². The molecule has 0 radical (unpaired) electrons. The highest BCUT2D eigenvalue weighted by molar-refractivity contribution is 7.81. The molecule has 0 amide bonds. The molecule has 25 heavy (non-hydrogen) atoms. The van der Waals surface area contributed by atoms with Crippen LogP contribution in [0.25, 0.3) is 0 Å². The molecule has 0 heterocycles. The molecule has 0 bridgehead atoms. The van der Waals surface area contributed by atoms with Crippen LogP contribution in [0.5, 0.6) is 0 Å². The van der Waals surface area contributed by atoms with E-state index in [-0.39, 0.29) is 23.3 Å². The zero-order chi connectivity index (χ0) is 20.1. The third-order valence-corrected chi connectivity index (χ3v) is 3.12. The number of carboxylic acid groups (broad SMARTS) is 2. The number of aliphatic carboxylic acids is 2. The molecule has 0 spiro atoms. The molecular formula is C17H36O6S2. The van der Waals surface area contributed by atoms with Gasteiger partial charge in [-0.15, -0.1) is 0 Å². The molecule has 0 aromatic heterocycles. The van der Waals surface area contributed by atoms with Crippen molar-refractivity contribution in [3.05, 3.63) is 0 Å². The van der Waals surface area contributed by atoms with Crippen LogP contribution in [0, 0.1) is 0 Å². The summed E-state index contributed by atoms with van der Waals surface area (Å²) in [5, 5.41) is 33.0. The normalized spacial score (nSPS) is 12.1. The van der Waals surface area contributed by atoms with Crippen LogP contribution in [0.1, 0.15) is 71.6 Å². The average Bonchev–Trinajstić information content (AvgIpc) is 2.45. The lowest BCUT2D eigenvalue weighted by atomic mass is 10.1. The lowest BCUT2D eigenvalue weighted by Crippen LogP contribution is -2.01. The Balaban J connectivity index is -0.000000304. The molecule has 0 aliphatic rings. The number of thiol groups is 2. The van der Waals surface area contributed by atoms with Gasteiger partial charge >= 0.3 is 11.9 Å². The Morgan fingerprint density at radius 1 is 0.680 bits per heavy atom. The van der Waals surface area contributed by atoms with E-state index in [1.165, 1.54) is 19.3 Å². The van der Waals surface area contributed by atoms with Gasteiger partial charge in [-0.3, -0.25) is 9.59 Å². The summed E-state index contributed by atoms with van der Waals surface area (Å²) in [6, 6.07) is 0. The maximum atomic E-state index is 9.76. The van der Waals surface area contributed by atoms with Crippen molar-refractivity contribution in [2.45, 2.75) is 82.1 Å². The summed E-state index contributed by atoms with van der Waals surface area (Å²) in [6.07, 6.45) is 8.18. The highest BCUT2D eigenvalue weighted by Crippen LogP contribution is 2.06. The van der Waals surface area contributed by atoms with Gasteiger partial charge in [0.15, 0.2) is 0 Å². The Morgan fingerprint density at radius 2 is 0.920 bits per heavy atom. The van der Waals surface area contributed by atoms with Gasteiger partial charge in [-0.2, -0.15) is 25.3 Å². The van der Waals surface area contributed by atoms with E-state index in [1.54, 1.807) is 13.8 Å². The van der Waals surface area contributed by atoms with E-state index in [2.05, 4.69) is 25.3 Å². The molecule has 4 N–H and O–H groups in total. The average molecular weight is 401 g/mol. The fourth-order valence-electron chi connectivity index (χ4n) is 1.61. The molecule has 0 aromatic carbocycles. The van der Waals surface area contributed by atoms with E-state index in [9.17, 15) is 9.59 Å². The Kier molecular flexibility index (Phi) is 27.6. The Labute approximate surface area is 162 Å². The molecule has 8 heteroatoms. The second kappa shape index (κ2) is 23.6. The summed E-state index contributed by atoms with van der Waals surface area (Å²) in [4.78, 5) is 19.5. The van der Waals surface area contributed by atoms with E-state index in [4.69, 9.17) is 20.4 Å². The number of rotatable bonds is 12. The van der Waals surface area contributed by atoms with Gasteiger partial charge in [0.2, 0.25) is 0 Å². The van der Waals surface area contributed by atoms with Crippen molar-refractivity contribution in [2.24, 2.45) is 0 Å². The zero-order valence-corrected chi connectivity index (χ0v) is 17.2. The molecule has 0 rings (SSSR count). The minimum atomic E-state index is -0.789. The predicted molar refractivity (Wildman–Crippen MR) is 108 cm³/mol. The van der Waals surface area contributed by atoms with Crippen LogP contribution in [0.15, 0.2) is 0 Å². The lowest BCUT2D eigenvalue weighted by Gasteiger charge is -1.98. The number of carboxylic acids is 2. The van der Waals surface area contributed by atoms with Gasteiger partial charge in [-0.05, 0) is 12.8 Å². The molecule has 0 fully saturated rings. The van der Waals surface area contributed by atoms with Crippen molar-refractivity contribution in [2.75, 3.05) is 13.2 Å². The van der Waals surface area contributed by atoms with Crippen LogP contribution in [-0.2, 0) is 9.59 Å². The number of aliphatic hydroxyl groups is 2. The maximum Gasteiger partial charge on any atom is 0.304 e. The molecule has 0 aliphatic heterocycles. The van der Waals surface area contributed by atoms with E-state index < -0.39 is 11.9 Å². The van der Waals surface area contributed by atoms with Crippen LogP contribution < -0.4 is 0 Å². The van der Waals surface area contributed by atoms with Gasteiger partial charge in [0, 0.05) is 23.7 Å². The molecule has 0 aromatic rings. The smallest absolute Gasteiger partial charge is 0.304 e. The first-order valence-corrected chi connectivity index (χ1v) is 9.72. The number of hydrogen-bond acceptors (Lipinski definition) is 6. The van der Waals surface area contributed by atoms with Crippen molar-refractivity contribution in [3.63, 3.8) is 0 Å². The van der Waals surface area contributed by atoms with Crippen LogP contribution in [0.4, 0.5) is 0 Å². The first kappa shape index (κ1) is 29.3. The molecule has 2 atom stereocenters. The lowest BCUT2D eigenvalue weighted by molar-refractivity contribution is -0.137. The molecular weight excluding hydrogens is 364 g/mol. The Bertz CT molecular complexity index is 271. The summed E-state index contributed by atoms with van der Waals surface area (Å²) in [6.45, 7) is 4.15. The quantitative estimate of drug-likeness (QED) is 0.221. The van der Waals surface area contributed by atoms with Gasteiger partial charge < -0.3 is 20.4 Å². The fourth-order valence-corrected chi connectivity index (χ4v) is 1.93. The summed E-state index contributed by atoms with van der Waals surface area (Å²) in [5.41, 5.74) is 0. The third-order valence-electron chi connectivity index (χ3n) is 2.76. The van der Waals surface area contributed by atoms with E-state index in [0.717, 1.165) is 25.7 Å². The van der Waals surface area contributed by atoms with Gasteiger partial charge in [0.05, 0.1) is 12.8 Å². The fraction of sp³-hybridized carbons (Fsp3) is 0.882. The molecule has 152 valence electrons. The number of unbranched alkanes of at least 4 members (excludes halogenated alkanes) is 6. The number of hydrogen-bond donors (Lipinski definition) is 6. The van der Waals surface area contributed by atoms with Crippen LogP contribution in [-0.4, -0.2) is 56.1 Å². The first-order valence-electron chi connectivity index (χ1n) is 8.68. The van der Waals surface area contributed by atoms with Gasteiger partial charge in [0.1, 0.15) is 0 Å². The van der Waals surface area contributed by atoms with Gasteiger partial charge in [-0.25, -0.2) is 0 Å². The summed E-state index contributed by atoms with van der Waals surface area (Å²) < 4.78 is 0. The standard InChI is InChI=1S/C9H20O2.2C4H8O2S/c10-8-6-4-2-1-3-5-7-9-11;2*1-3(7)2-4(5)6/h10-11H,1-9H2;2*3,7H,2H2,1H3,(H,5,6). The molecule has 0 saturated carbocycles. The number of aliphatic hydroxyl groups excluding tert-OH is 2. The van der Waals surface area contributed by atoms with Crippen molar-refractivity contribution < 1.29 is 30.0 Å². The minimum Gasteiger partial charge on any atom is -0.481 e. The van der Waals surface area contributed by atoms with Crippen molar-refractivity contribution in [1.82, 2.24) is 0 Å². The monoisotopic (exact) mass is 400 g/mol. The largest absolute Gasteiger partial charge is 0.481 e. The first-order chi connectivity index (χ1) is 11.7. The molecule has 2 unspecified atom stereocenters. The highest BCUT2D eigenvalue weighted by atomic mass is 32.1. The van der Waals surface area contributed by atoms with Crippen molar-refractivity contribution in [1.29, 1.82) is 0 Å². The van der Waals surface area contributed by atoms with Crippen LogP contribution >= 0.6 is 25.3 Å². The highest BCUT2D eigenvalue weighted by Gasteiger charge is 1.99. The predicted octanol–water partition coefficient (Wildman–Crippen LogP) is 3.26. The van der Waals surface area contributed by atoms with Gasteiger partial charge in [0.25, 0.3) is 0 Å². The molecule has 0 saturated heterocycles. The van der Waals surface area contributed by atoms with Crippen molar-refractivity contribution >= 4 is 37.2 Å². The van der Waals surface area contributed by atoms with E-state index in [1.807, 2.05) is 0 Å². The van der Waals surface area contributed by atoms with E-state index in [0.29, 0.717) is 13.2 Å². The molecule has 0 aliphatic carbocycles. The second-order valence-corrected chi connectivity index (χ2v) is 7.58. The number of carbonyl (C=O) groups is 2. The second-order valence-electron chi connectivity index (χ2n) is 5.82. The zero-order valence-electron chi connectivity index (χ0n) is 15.4. The SMILES string of the molecule is CC(S)CC(=O)O.CC(S)CC(=O)O.OCCCCCCCCCO.